The number of nitrogens with one attached hydrogen (secondary N) is 1. The van der Waals surface area contributed by atoms with E-state index in [1.54, 1.807) is 0 Å². The minimum Gasteiger partial charge on any atom is -0.480 e. The Morgan fingerprint density at radius 2 is 1.67 bits per heavy atom. The van der Waals surface area contributed by atoms with Gasteiger partial charge < -0.3 is 15.3 Å². The van der Waals surface area contributed by atoms with Crippen LogP contribution in [-0.4, -0.2) is 65.7 Å². The van der Waals surface area contributed by atoms with Crippen molar-refractivity contribution < 1.29 is 14.7 Å². The van der Waals surface area contributed by atoms with Gasteiger partial charge in [-0.15, -0.1) is 0 Å². The Balaban J connectivity index is 1.69. The zero-order valence-electron chi connectivity index (χ0n) is 17.7. The van der Waals surface area contributed by atoms with Crippen LogP contribution in [0.1, 0.15) is 66.2 Å². The number of hydrogen-bond acceptors (Lipinski definition) is 3. The predicted molar refractivity (Wildman–Crippen MR) is 108 cm³/mol. The number of carboxylic acid groups (broad SMARTS) is 1. The predicted octanol–water partition coefficient (Wildman–Crippen LogP) is 3.42. The summed E-state index contributed by atoms with van der Waals surface area (Å²) < 4.78 is 0. The second kappa shape index (κ2) is 9.76. The maximum atomic E-state index is 12.5. The summed E-state index contributed by atoms with van der Waals surface area (Å²) in [6, 6.07) is 0.315. The first-order chi connectivity index (χ1) is 12.7. The lowest BCUT2D eigenvalue weighted by atomic mass is 9.70. The molecule has 0 aromatic rings. The maximum absolute atomic E-state index is 12.5. The number of nitrogens with zero attached hydrogens (tertiary/aromatic N) is 2. The molecule has 0 bridgehead atoms. The van der Waals surface area contributed by atoms with Gasteiger partial charge >= 0.3 is 12.0 Å². The maximum Gasteiger partial charge on any atom is 0.317 e. The molecule has 1 heterocycles. The minimum atomic E-state index is -0.779. The van der Waals surface area contributed by atoms with Crippen molar-refractivity contribution in [2.45, 2.75) is 72.3 Å². The van der Waals surface area contributed by atoms with Crippen LogP contribution in [0.5, 0.6) is 0 Å². The molecule has 2 N–H and O–H groups in total. The average Bonchev–Trinajstić information content (AvgIpc) is 2.64. The van der Waals surface area contributed by atoms with E-state index in [4.69, 9.17) is 5.11 Å². The van der Waals surface area contributed by atoms with E-state index >= 15 is 0 Å². The van der Waals surface area contributed by atoms with Crippen molar-refractivity contribution in [1.82, 2.24) is 15.1 Å². The normalized spacial score (nSPS) is 24.9. The van der Waals surface area contributed by atoms with E-state index in [0.29, 0.717) is 24.4 Å². The van der Waals surface area contributed by atoms with Gasteiger partial charge in [-0.05, 0) is 62.3 Å². The number of piperidine rings is 1. The Hall–Kier alpha value is -1.30. The van der Waals surface area contributed by atoms with Gasteiger partial charge in [-0.25, -0.2) is 4.79 Å². The Labute approximate surface area is 164 Å². The molecule has 0 aromatic heterocycles. The third-order valence-corrected chi connectivity index (χ3v) is 6.63. The molecule has 0 aromatic carbocycles. The number of carboxylic acids is 1. The van der Waals surface area contributed by atoms with Crippen LogP contribution in [0.4, 0.5) is 4.79 Å². The summed E-state index contributed by atoms with van der Waals surface area (Å²) in [5, 5.41) is 12.2. The van der Waals surface area contributed by atoms with Crippen molar-refractivity contribution in [3.05, 3.63) is 0 Å². The van der Waals surface area contributed by atoms with E-state index in [2.05, 4.69) is 26.1 Å². The van der Waals surface area contributed by atoms with Crippen molar-refractivity contribution in [3.8, 4) is 0 Å². The number of aliphatic carboxylic acids is 1. The quantitative estimate of drug-likeness (QED) is 0.739. The molecule has 0 radical (unpaired) electrons. The van der Waals surface area contributed by atoms with Gasteiger partial charge in [0.05, 0.1) is 6.54 Å². The summed E-state index contributed by atoms with van der Waals surface area (Å²) in [5.41, 5.74) is 0.394. The SMILES string of the molecule is CCN(CC(=O)O)C1CCN(C(=O)NCC2CCC(C(C)(C)C)CC2)CC1. The highest BCUT2D eigenvalue weighted by molar-refractivity contribution is 5.74. The fourth-order valence-electron chi connectivity index (χ4n) is 4.68. The molecule has 1 saturated heterocycles. The zero-order chi connectivity index (χ0) is 20.0. The molecule has 1 aliphatic carbocycles. The van der Waals surface area contributed by atoms with E-state index < -0.39 is 5.97 Å². The van der Waals surface area contributed by atoms with Gasteiger partial charge in [0.2, 0.25) is 0 Å². The van der Waals surface area contributed by atoms with Gasteiger partial charge in [-0.1, -0.05) is 27.7 Å². The molecular weight excluding hydrogens is 342 g/mol. The van der Waals surface area contributed by atoms with E-state index in [0.717, 1.165) is 31.8 Å². The highest BCUT2D eigenvalue weighted by Gasteiger charge is 2.31. The molecule has 6 nitrogen and oxygen atoms in total. The standard InChI is InChI=1S/C21H39N3O3/c1-5-23(15-19(25)26)18-10-12-24(13-11-18)20(27)22-14-16-6-8-17(9-7-16)21(2,3)4/h16-18H,5-15H2,1-4H3,(H,22,27)(H,25,26). The van der Waals surface area contributed by atoms with Crippen molar-refractivity contribution in [3.63, 3.8) is 0 Å². The first-order valence-corrected chi connectivity index (χ1v) is 10.7. The summed E-state index contributed by atoms with van der Waals surface area (Å²) in [7, 11) is 0. The molecule has 0 unspecified atom stereocenters. The Bertz CT molecular complexity index is 487. The lowest BCUT2D eigenvalue weighted by Crippen LogP contribution is -2.51. The number of likely N-dealkylation sites (N-methyl/N-ethyl adjacent to an activating group) is 1. The Morgan fingerprint density at radius 3 is 2.15 bits per heavy atom. The van der Waals surface area contributed by atoms with Crippen molar-refractivity contribution >= 4 is 12.0 Å². The first-order valence-electron chi connectivity index (χ1n) is 10.7. The van der Waals surface area contributed by atoms with E-state index in [1.807, 2.05) is 16.7 Å². The highest BCUT2D eigenvalue weighted by Crippen LogP contribution is 2.39. The van der Waals surface area contributed by atoms with Crippen LogP contribution in [0.3, 0.4) is 0 Å². The lowest BCUT2D eigenvalue weighted by molar-refractivity contribution is -0.139. The van der Waals surface area contributed by atoms with E-state index in [-0.39, 0.29) is 18.6 Å². The molecule has 0 atom stereocenters. The average molecular weight is 382 g/mol. The zero-order valence-corrected chi connectivity index (χ0v) is 17.7. The second-order valence-corrected chi connectivity index (χ2v) is 9.44. The van der Waals surface area contributed by atoms with Gasteiger partial charge in [0, 0.05) is 25.7 Å². The van der Waals surface area contributed by atoms with Crippen molar-refractivity contribution in [2.24, 2.45) is 17.3 Å². The molecule has 2 fully saturated rings. The molecule has 2 rings (SSSR count). The Morgan fingerprint density at radius 1 is 1.07 bits per heavy atom. The number of amides is 2. The van der Waals surface area contributed by atoms with Crippen LogP contribution in [0.25, 0.3) is 0 Å². The van der Waals surface area contributed by atoms with Gasteiger partial charge in [0.15, 0.2) is 0 Å². The molecule has 27 heavy (non-hydrogen) atoms. The third kappa shape index (κ3) is 6.66. The fourth-order valence-corrected chi connectivity index (χ4v) is 4.68. The van der Waals surface area contributed by atoms with E-state index in [1.165, 1.54) is 25.7 Å². The van der Waals surface area contributed by atoms with Crippen LogP contribution in [0.2, 0.25) is 0 Å². The smallest absolute Gasteiger partial charge is 0.317 e. The van der Waals surface area contributed by atoms with Crippen LogP contribution in [-0.2, 0) is 4.79 Å². The van der Waals surface area contributed by atoms with Crippen LogP contribution >= 0.6 is 0 Å². The number of carbonyl (C=O) groups excluding carboxylic acids is 1. The summed E-state index contributed by atoms with van der Waals surface area (Å²) in [5.74, 6) is 0.630. The van der Waals surface area contributed by atoms with Crippen LogP contribution < -0.4 is 5.32 Å². The third-order valence-electron chi connectivity index (χ3n) is 6.63. The van der Waals surface area contributed by atoms with Crippen molar-refractivity contribution in [1.29, 1.82) is 0 Å². The summed E-state index contributed by atoms with van der Waals surface area (Å²) in [6.45, 7) is 12.0. The van der Waals surface area contributed by atoms with Gasteiger partial charge in [0.1, 0.15) is 0 Å². The number of urea groups is 1. The number of carbonyl (C=O) groups is 2. The summed E-state index contributed by atoms with van der Waals surface area (Å²) >= 11 is 0. The molecule has 156 valence electrons. The Kier molecular flexibility index (Phi) is 7.95. The van der Waals surface area contributed by atoms with E-state index in [9.17, 15) is 9.59 Å². The number of hydrogen-bond donors (Lipinski definition) is 2. The molecule has 1 aliphatic heterocycles. The largest absolute Gasteiger partial charge is 0.480 e. The van der Waals surface area contributed by atoms with Gasteiger partial charge in [-0.3, -0.25) is 9.69 Å². The molecule has 6 heteroatoms. The molecular formula is C21H39N3O3. The highest BCUT2D eigenvalue weighted by atomic mass is 16.4. The van der Waals surface area contributed by atoms with Crippen LogP contribution in [0.15, 0.2) is 0 Å². The number of likely N-dealkylation sites (tertiary alicyclic amines) is 1. The monoisotopic (exact) mass is 381 g/mol. The first kappa shape index (κ1) is 22.0. The summed E-state index contributed by atoms with van der Waals surface area (Å²) in [4.78, 5) is 27.4. The second-order valence-electron chi connectivity index (χ2n) is 9.44. The topological polar surface area (TPSA) is 72.9 Å². The molecule has 2 aliphatic rings. The molecule has 0 spiro atoms. The molecule has 2 amide bonds. The minimum absolute atomic E-state index is 0.0488. The summed E-state index contributed by atoms with van der Waals surface area (Å²) in [6.07, 6.45) is 6.67. The van der Waals surface area contributed by atoms with Gasteiger partial charge in [-0.2, -0.15) is 0 Å². The fraction of sp³-hybridized carbons (Fsp3) is 0.905. The van der Waals surface area contributed by atoms with Crippen molar-refractivity contribution in [2.75, 3.05) is 32.7 Å². The number of rotatable bonds is 6. The van der Waals surface area contributed by atoms with Gasteiger partial charge in [0.25, 0.3) is 0 Å². The van der Waals surface area contributed by atoms with Crippen LogP contribution in [0, 0.1) is 17.3 Å². The lowest BCUT2D eigenvalue weighted by Gasteiger charge is -2.38. The molecule has 1 saturated carbocycles.